The Labute approximate surface area is 111 Å². The average Bonchev–Trinajstić information content (AvgIpc) is 2.37. The van der Waals surface area contributed by atoms with Crippen LogP contribution in [0, 0.1) is 6.92 Å². The smallest absolute Gasteiger partial charge is 0.160 e. The van der Waals surface area contributed by atoms with Crippen LogP contribution in [-0.2, 0) is 0 Å². The summed E-state index contributed by atoms with van der Waals surface area (Å²) in [6.07, 6.45) is -1.89. The number of hydrogen-bond donors (Lipinski definition) is 2. The average molecular weight is 263 g/mol. The molecule has 1 rings (SSSR count). The molecule has 1 aromatic carbocycles. The molecular formula is C13H17N3O3. The minimum Gasteiger partial charge on any atom is -0.390 e. The first-order valence-electron chi connectivity index (χ1n) is 5.96. The molecule has 0 aliphatic carbocycles. The molecule has 2 unspecified atom stereocenters. The van der Waals surface area contributed by atoms with E-state index in [0.29, 0.717) is 11.1 Å². The molecule has 0 saturated heterocycles. The van der Waals surface area contributed by atoms with E-state index in [9.17, 15) is 15.0 Å². The molecule has 102 valence electrons. The first kappa shape index (κ1) is 15.2. The number of benzene rings is 1. The molecule has 0 amide bonds. The van der Waals surface area contributed by atoms with Crippen LogP contribution in [0.25, 0.3) is 10.4 Å². The normalized spacial score (nSPS) is 13.5. The number of ketones is 1. The van der Waals surface area contributed by atoms with E-state index in [0.717, 1.165) is 5.56 Å². The van der Waals surface area contributed by atoms with Crippen molar-refractivity contribution in [3.05, 3.63) is 45.3 Å². The Morgan fingerprint density at radius 2 is 2.16 bits per heavy atom. The second-order valence-corrected chi connectivity index (χ2v) is 4.39. The van der Waals surface area contributed by atoms with E-state index < -0.39 is 12.2 Å². The van der Waals surface area contributed by atoms with Gasteiger partial charge in [-0.2, -0.15) is 0 Å². The zero-order chi connectivity index (χ0) is 14.4. The summed E-state index contributed by atoms with van der Waals surface area (Å²) in [4.78, 5) is 13.9. The molecular weight excluding hydrogens is 246 g/mol. The summed E-state index contributed by atoms with van der Waals surface area (Å²) in [6.45, 7) is 3.38. The molecule has 6 nitrogen and oxygen atoms in total. The molecule has 0 bridgehead atoms. The molecule has 19 heavy (non-hydrogen) atoms. The van der Waals surface area contributed by atoms with Crippen LogP contribution in [0.2, 0.25) is 0 Å². The molecule has 0 saturated carbocycles. The van der Waals surface area contributed by atoms with Gasteiger partial charge in [-0.15, -0.1) is 0 Å². The van der Waals surface area contributed by atoms with E-state index in [2.05, 4.69) is 10.0 Å². The summed E-state index contributed by atoms with van der Waals surface area (Å²) in [6, 6.07) is 4.93. The largest absolute Gasteiger partial charge is 0.390 e. The van der Waals surface area contributed by atoms with Crippen LogP contribution in [0.4, 0.5) is 0 Å². The fourth-order valence-electron chi connectivity index (χ4n) is 1.88. The Kier molecular flexibility index (Phi) is 5.51. The van der Waals surface area contributed by atoms with Crippen LogP contribution in [0.3, 0.4) is 0 Å². The third-order valence-electron chi connectivity index (χ3n) is 2.92. The number of carbonyl (C=O) groups is 1. The van der Waals surface area contributed by atoms with Gasteiger partial charge in [0.15, 0.2) is 5.78 Å². The summed E-state index contributed by atoms with van der Waals surface area (Å²) in [5.74, 6) is -0.0394. The van der Waals surface area contributed by atoms with Crippen LogP contribution < -0.4 is 0 Å². The lowest BCUT2D eigenvalue weighted by Gasteiger charge is -2.18. The van der Waals surface area contributed by atoms with Crippen molar-refractivity contribution in [1.29, 1.82) is 0 Å². The Morgan fingerprint density at radius 1 is 1.47 bits per heavy atom. The van der Waals surface area contributed by atoms with E-state index in [-0.39, 0.29) is 18.7 Å². The highest BCUT2D eigenvalue weighted by Crippen LogP contribution is 2.22. The second-order valence-electron chi connectivity index (χ2n) is 4.39. The minimum absolute atomic E-state index is 0.0394. The minimum atomic E-state index is -1.06. The zero-order valence-corrected chi connectivity index (χ0v) is 10.9. The van der Waals surface area contributed by atoms with Crippen LogP contribution in [0.1, 0.15) is 40.9 Å². The van der Waals surface area contributed by atoms with Crippen LogP contribution in [-0.4, -0.2) is 28.6 Å². The number of rotatable bonds is 6. The molecule has 2 atom stereocenters. The zero-order valence-electron chi connectivity index (χ0n) is 10.9. The van der Waals surface area contributed by atoms with Crippen LogP contribution in [0.5, 0.6) is 0 Å². The van der Waals surface area contributed by atoms with E-state index in [1.807, 2.05) is 0 Å². The van der Waals surface area contributed by atoms with Crippen LogP contribution >= 0.6 is 0 Å². The topological polar surface area (TPSA) is 106 Å². The van der Waals surface area contributed by atoms with E-state index in [1.54, 1.807) is 25.1 Å². The molecule has 0 fully saturated rings. The maximum absolute atomic E-state index is 11.3. The van der Waals surface area contributed by atoms with Crippen molar-refractivity contribution < 1.29 is 15.0 Å². The van der Waals surface area contributed by atoms with Crippen molar-refractivity contribution >= 4 is 5.78 Å². The molecule has 0 heterocycles. The van der Waals surface area contributed by atoms with Gasteiger partial charge in [-0.25, -0.2) is 0 Å². The van der Waals surface area contributed by atoms with Crippen LogP contribution in [0.15, 0.2) is 23.3 Å². The molecule has 1 aromatic rings. The van der Waals surface area contributed by atoms with Crippen molar-refractivity contribution in [3.63, 3.8) is 0 Å². The van der Waals surface area contributed by atoms with Gasteiger partial charge in [0.1, 0.15) is 6.10 Å². The number of azide groups is 1. The third-order valence-corrected chi connectivity index (χ3v) is 2.92. The Hall–Kier alpha value is -1.88. The predicted molar refractivity (Wildman–Crippen MR) is 70.8 cm³/mol. The fourth-order valence-corrected chi connectivity index (χ4v) is 1.88. The fraction of sp³-hybridized carbons (Fsp3) is 0.462. The molecule has 0 aromatic heterocycles. The number of hydrogen-bond acceptors (Lipinski definition) is 4. The van der Waals surface area contributed by atoms with Gasteiger partial charge in [-0.05, 0) is 36.9 Å². The van der Waals surface area contributed by atoms with Gasteiger partial charge >= 0.3 is 0 Å². The Balaban J connectivity index is 2.82. The first-order valence-corrected chi connectivity index (χ1v) is 5.96. The highest BCUT2D eigenvalue weighted by Gasteiger charge is 2.18. The van der Waals surface area contributed by atoms with Gasteiger partial charge in [-0.3, -0.25) is 4.79 Å². The van der Waals surface area contributed by atoms with Crippen molar-refractivity contribution in [2.24, 2.45) is 5.11 Å². The van der Waals surface area contributed by atoms with Crippen molar-refractivity contribution in [1.82, 2.24) is 0 Å². The maximum atomic E-state index is 11.3. The maximum Gasteiger partial charge on any atom is 0.160 e. The van der Waals surface area contributed by atoms with Crippen molar-refractivity contribution in [3.8, 4) is 0 Å². The highest BCUT2D eigenvalue weighted by atomic mass is 16.3. The molecule has 0 aliphatic rings. The molecule has 0 aliphatic heterocycles. The van der Waals surface area contributed by atoms with Gasteiger partial charge in [-0.1, -0.05) is 23.3 Å². The standard InChI is InChI=1S/C13H17N3O3/c1-8-7-10(3-4-11(8)9(2)17)13(19)12(18)5-6-15-16-14/h3-4,7,12-13,18-19H,5-6H2,1-2H3. The summed E-state index contributed by atoms with van der Waals surface area (Å²) >= 11 is 0. The summed E-state index contributed by atoms with van der Waals surface area (Å²) < 4.78 is 0. The molecule has 2 N–H and O–H groups in total. The predicted octanol–water partition coefficient (Wildman–Crippen LogP) is 2.29. The second kappa shape index (κ2) is 6.89. The molecule has 6 heteroatoms. The van der Waals surface area contributed by atoms with E-state index >= 15 is 0 Å². The van der Waals surface area contributed by atoms with Crippen molar-refractivity contribution in [2.75, 3.05) is 6.54 Å². The highest BCUT2D eigenvalue weighted by molar-refractivity contribution is 5.95. The number of aliphatic hydroxyl groups is 2. The van der Waals surface area contributed by atoms with Gasteiger partial charge in [0, 0.05) is 17.0 Å². The van der Waals surface area contributed by atoms with Gasteiger partial charge in [0.05, 0.1) is 6.10 Å². The number of aryl methyl sites for hydroxylation is 1. The number of Topliss-reactive ketones (excluding diaryl/α,β-unsaturated/α-hetero) is 1. The number of nitrogens with zero attached hydrogens (tertiary/aromatic N) is 3. The Bertz CT molecular complexity index is 510. The third kappa shape index (κ3) is 4.06. The quantitative estimate of drug-likeness (QED) is 0.356. The monoisotopic (exact) mass is 263 g/mol. The molecule has 0 radical (unpaired) electrons. The van der Waals surface area contributed by atoms with Gasteiger partial charge < -0.3 is 10.2 Å². The van der Waals surface area contributed by atoms with E-state index in [4.69, 9.17) is 5.53 Å². The van der Waals surface area contributed by atoms with Crippen molar-refractivity contribution in [2.45, 2.75) is 32.5 Å². The van der Waals surface area contributed by atoms with Gasteiger partial charge in [0.25, 0.3) is 0 Å². The van der Waals surface area contributed by atoms with E-state index in [1.165, 1.54) is 6.92 Å². The number of aliphatic hydroxyl groups excluding tert-OH is 2. The number of carbonyl (C=O) groups excluding carboxylic acids is 1. The SMILES string of the molecule is CC(=O)c1ccc(C(O)C(O)CCN=[N+]=[N-])cc1C. The first-order chi connectivity index (χ1) is 8.97. The summed E-state index contributed by atoms with van der Waals surface area (Å²) in [5, 5.41) is 23.0. The summed E-state index contributed by atoms with van der Waals surface area (Å²) in [5.41, 5.74) is 10.0. The Morgan fingerprint density at radius 3 is 2.68 bits per heavy atom. The summed E-state index contributed by atoms with van der Waals surface area (Å²) in [7, 11) is 0. The lowest BCUT2D eigenvalue weighted by molar-refractivity contribution is 0.0150. The lowest BCUT2D eigenvalue weighted by atomic mass is 9.96. The lowest BCUT2D eigenvalue weighted by Crippen LogP contribution is -2.19. The molecule has 0 spiro atoms. The van der Waals surface area contributed by atoms with Gasteiger partial charge in [0.2, 0.25) is 0 Å².